The third-order valence-electron chi connectivity index (χ3n) is 3.16. The van der Waals surface area contributed by atoms with Crippen molar-refractivity contribution in [3.05, 3.63) is 0 Å². The van der Waals surface area contributed by atoms with Gasteiger partial charge >= 0.3 is 5.97 Å². The molecule has 1 heterocycles. The Morgan fingerprint density at radius 2 is 2.22 bits per heavy atom. The normalized spacial score (nSPS) is 23.7. The number of hydrogen-bond donors (Lipinski definition) is 1. The van der Waals surface area contributed by atoms with E-state index in [1.807, 2.05) is 6.92 Å². The Hall–Kier alpha value is -1.14. The van der Waals surface area contributed by atoms with Gasteiger partial charge in [-0.1, -0.05) is 6.92 Å². The number of carboxylic acids is 1. The van der Waals surface area contributed by atoms with Crippen LogP contribution >= 0.6 is 0 Å². The molecule has 0 aliphatic carbocycles. The molecule has 0 aromatic carbocycles. The minimum Gasteiger partial charge on any atom is -0.480 e. The molecule has 0 aromatic heterocycles. The number of carboxylic acid groups (broad SMARTS) is 1. The topological polar surface area (TPSA) is 76.1 Å². The van der Waals surface area contributed by atoms with Crippen LogP contribution in [0, 0.1) is 11.8 Å². The van der Waals surface area contributed by atoms with Crippen molar-refractivity contribution in [2.75, 3.05) is 40.0 Å². The maximum absolute atomic E-state index is 12.3. The van der Waals surface area contributed by atoms with Crippen LogP contribution in [-0.2, 0) is 19.1 Å². The van der Waals surface area contributed by atoms with Gasteiger partial charge in [-0.05, 0) is 12.3 Å². The molecule has 1 aliphatic rings. The van der Waals surface area contributed by atoms with E-state index in [-0.39, 0.29) is 24.3 Å². The maximum Gasteiger partial charge on any atom is 0.323 e. The molecule has 1 aliphatic heterocycles. The molecule has 1 saturated heterocycles. The summed E-state index contributed by atoms with van der Waals surface area (Å²) in [5.74, 6) is -1.12. The third-order valence-corrected chi connectivity index (χ3v) is 3.16. The molecule has 0 saturated carbocycles. The molecular formula is C12H21NO5. The predicted molar refractivity (Wildman–Crippen MR) is 64.2 cm³/mol. The Labute approximate surface area is 107 Å². The van der Waals surface area contributed by atoms with Crippen LogP contribution in [0.15, 0.2) is 0 Å². The Bertz CT molecular complexity index is 294. The average molecular weight is 259 g/mol. The summed E-state index contributed by atoms with van der Waals surface area (Å²) in [4.78, 5) is 24.4. The van der Waals surface area contributed by atoms with Crippen LogP contribution in [0.1, 0.15) is 13.3 Å². The fourth-order valence-corrected chi connectivity index (χ4v) is 2.11. The van der Waals surface area contributed by atoms with Gasteiger partial charge in [-0.2, -0.15) is 0 Å². The molecule has 0 aromatic rings. The summed E-state index contributed by atoms with van der Waals surface area (Å²) >= 11 is 0. The molecule has 2 atom stereocenters. The van der Waals surface area contributed by atoms with E-state index in [4.69, 9.17) is 14.6 Å². The first kappa shape index (κ1) is 14.9. The van der Waals surface area contributed by atoms with E-state index in [2.05, 4.69) is 0 Å². The minimum atomic E-state index is -1.00. The van der Waals surface area contributed by atoms with Crippen LogP contribution in [0.3, 0.4) is 0 Å². The van der Waals surface area contributed by atoms with E-state index in [0.29, 0.717) is 32.8 Å². The van der Waals surface area contributed by atoms with Crippen molar-refractivity contribution in [2.45, 2.75) is 13.3 Å². The second kappa shape index (κ2) is 7.33. The molecule has 1 fully saturated rings. The van der Waals surface area contributed by atoms with Gasteiger partial charge in [0, 0.05) is 32.8 Å². The quantitative estimate of drug-likeness (QED) is 0.738. The van der Waals surface area contributed by atoms with Crippen molar-refractivity contribution >= 4 is 11.9 Å². The minimum absolute atomic E-state index is 0.106. The molecule has 6 nitrogen and oxygen atoms in total. The second-order valence-corrected chi connectivity index (χ2v) is 4.59. The van der Waals surface area contributed by atoms with Gasteiger partial charge in [0.2, 0.25) is 5.91 Å². The summed E-state index contributed by atoms with van der Waals surface area (Å²) in [7, 11) is 1.53. The lowest BCUT2D eigenvalue weighted by Crippen LogP contribution is -2.45. The zero-order valence-corrected chi connectivity index (χ0v) is 10.9. The standard InChI is InChI=1S/C12H21NO5/c1-9-8-18-5-3-10(9)12(16)13(4-6-17-2)7-11(14)15/h9-10H,3-8H2,1-2H3,(H,14,15). The van der Waals surface area contributed by atoms with E-state index in [1.54, 1.807) is 0 Å². The van der Waals surface area contributed by atoms with Crippen LogP contribution in [0.5, 0.6) is 0 Å². The van der Waals surface area contributed by atoms with Crippen LogP contribution in [0.25, 0.3) is 0 Å². The number of rotatable bonds is 6. The summed E-state index contributed by atoms with van der Waals surface area (Å²) in [5, 5.41) is 8.84. The first-order valence-corrected chi connectivity index (χ1v) is 6.13. The highest BCUT2D eigenvalue weighted by Crippen LogP contribution is 2.23. The van der Waals surface area contributed by atoms with Gasteiger partial charge in [-0.15, -0.1) is 0 Å². The van der Waals surface area contributed by atoms with Crippen molar-refractivity contribution in [1.29, 1.82) is 0 Å². The van der Waals surface area contributed by atoms with Gasteiger partial charge in [-0.25, -0.2) is 0 Å². The zero-order valence-electron chi connectivity index (χ0n) is 10.9. The van der Waals surface area contributed by atoms with Crippen molar-refractivity contribution in [2.24, 2.45) is 11.8 Å². The van der Waals surface area contributed by atoms with E-state index in [1.165, 1.54) is 12.0 Å². The highest BCUT2D eigenvalue weighted by atomic mass is 16.5. The lowest BCUT2D eigenvalue weighted by atomic mass is 9.88. The molecule has 1 rings (SSSR count). The number of ether oxygens (including phenoxy) is 2. The average Bonchev–Trinajstić information content (AvgIpc) is 2.34. The lowest BCUT2D eigenvalue weighted by Gasteiger charge is -2.32. The largest absolute Gasteiger partial charge is 0.480 e. The molecule has 104 valence electrons. The van der Waals surface area contributed by atoms with E-state index in [9.17, 15) is 9.59 Å². The van der Waals surface area contributed by atoms with E-state index >= 15 is 0 Å². The molecular weight excluding hydrogens is 238 g/mol. The number of aliphatic carboxylic acids is 1. The number of methoxy groups -OCH3 is 1. The summed E-state index contributed by atoms with van der Waals surface area (Å²) in [6.07, 6.45) is 0.656. The molecule has 1 amide bonds. The van der Waals surface area contributed by atoms with Crippen molar-refractivity contribution in [3.63, 3.8) is 0 Å². The van der Waals surface area contributed by atoms with E-state index in [0.717, 1.165) is 0 Å². The Morgan fingerprint density at radius 1 is 1.50 bits per heavy atom. The van der Waals surface area contributed by atoms with Gasteiger partial charge in [0.05, 0.1) is 6.61 Å². The molecule has 0 bridgehead atoms. The molecule has 0 radical (unpaired) electrons. The zero-order chi connectivity index (χ0) is 13.5. The molecule has 2 unspecified atom stereocenters. The number of hydrogen-bond acceptors (Lipinski definition) is 4. The van der Waals surface area contributed by atoms with Gasteiger partial charge in [0.15, 0.2) is 0 Å². The highest BCUT2D eigenvalue weighted by Gasteiger charge is 2.32. The number of nitrogens with zero attached hydrogens (tertiary/aromatic N) is 1. The van der Waals surface area contributed by atoms with Gasteiger partial charge in [0.1, 0.15) is 6.54 Å². The smallest absolute Gasteiger partial charge is 0.323 e. The van der Waals surface area contributed by atoms with Crippen LogP contribution in [-0.4, -0.2) is 61.9 Å². The Balaban J connectivity index is 2.63. The van der Waals surface area contributed by atoms with Gasteiger partial charge in [0.25, 0.3) is 0 Å². The lowest BCUT2D eigenvalue weighted by molar-refractivity contribution is -0.149. The van der Waals surface area contributed by atoms with Crippen molar-refractivity contribution < 1.29 is 24.2 Å². The number of carbonyl (C=O) groups excluding carboxylic acids is 1. The maximum atomic E-state index is 12.3. The van der Waals surface area contributed by atoms with Gasteiger partial charge in [-0.3, -0.25) is 9.59 Å². The first-order valence-electron chi connectivity index (χ1n) is 6.13. The monoisotopic (exact) mass is 259 g/mol. The summed E-state index contributed by atoms with van der Waals surface area (Å²) < 4.78 is 10.2. The number of amides is 1. The SMILES string of the molecule is COCCN(CC(=O)O)C(=O)C1CCOCC1C. The second-order valence-electron chi connectivity index (χ2n) is 4.59. The molecule has 18 heavy (non-hydrogen) atoms. The van der Waals surface area contributed by atoms with Crippen LogP contribution in [0.4, 0.5) is 0 Å². The Kier molecular flexibility index (Phi) is 6.07. The van der Waals surface area contributed by atoms with Crippen LogP contribution in [0.2, 0.25) is 0 Å². The van der Waals surface area contributed by atoms with Crippen LogP contribution < -0.4 is 0 Å². The first-order chi connectivity index (χ1) is 8.56. The van der Waals surface area contributed by atoms with Crippen molar-refractivity contribution in [1.82, 2.24) is 4.90 Å². The predicted octanol–water partition coefficient (Wildman–Crippen LogP) is 0.219. The molecule has 1 N–H and O–H groups in total. The molecule has 0 spiro atoms. The fourth-order valence-electron chi connectivity index (χ4n) is 2.11. The third kappa shape index (κ3) is 4.27. The van der Waals surface area contributed by atoms with Gasteiger partial charge < -0.3 is 19.5 Å². The summed E-state index contributed by atoms with van der Waals surface area (Å²) in [5.41, 5.74) is 0. The summed E-state index contributed by atoms with van der Waals surface area (Å²) in [6.45, 7) is 3.46. The highest BCUT2D eigenvalue weighted by molar-refractivity contribution is 5.83. The van der Waals surface area contributed by atoms with Crippen molar-refractivity contribution in [3.8, 4) is 0 Å². The van der Waals surface area contributed by atoms with E-state index < -0.39 is 5.97 Å². The number of carbonyl (C=O) groups is 2. The fraction of sp³-hybridized carbons (Fsp3) is 0.833. The summed E-state index contributed by atoms with van der Waals surface area (Å²) in [6, 6.07) is 0. The Morgan fingerprint density at radius 3 is 2.78 bits per heavy atom. The molecule has 6 heteroatoms.